The molecule has 0 aromatic heterocycles. The zero-order chi connectivity index (χ0) is 17.3. The minimum atomic E-state index is -0.479. The Balaban J connectivity index is 1.93. The fourth-order valence-corrected chi connectivity index (χ4v) is 3.25. The summed E-state index contributed by atoms with van der Waals surface area (Å²) in [5.41, 5.74) is 1.54. The number of nitro benzene ring substituents is 1. The molecule has 1 fully saturated rings. The first-order valence-electron chi connectivity index (χ1n) is 7.79. The summed E-state index contributed by atoms with van der Waals surface area (Å²) in [5, 5.41) is 11.1. The van der Waals surface area contributed by atoms with Crippen LogP contribution < -0.4 is 0 Å². The normalized spacial score (nSPS) is 17.1. The van der Waals surface area contributed by atoms with Crippen molar-refractivity contribution in [1.29, 1.82) is 0 Å². The lowest BCUT2D eigenvalue weighted by Crippen LogP contribution is -2.31. The highest BCUT2D eigenvalue weighted by atomic mass is 19.1. The summed E-state index contributed by atoms with van der Waals surface area (Å²) in [6.07, 6.45) is 1.65. The third-order valence-electron chi connectivity index (χ3n) is 4.50. The fourth-order valence-electron chi connectivity index (χ4n) is 3.25. The average molecular weight is 328 g/mol. The third-order valence-corrected chi connectivity index (χ3v) is 4.50. The van der Waals surface area contributed by atoms with Gasteiger partial charge in [-0.05, 0) is 43.5 Å². The topological polar surface area (TPSA) is 63.5 Å². The van der Waals surface area contributed by atoms with Crippen LogP contribution in [0.3, 0.4) is 0 Å². The summed E-state index contributed by atoms with van der Waals surface area (Å²) in [7, 11) is 0. The van der Waals surface area contributed by atoms with Gasteiger partial charge in [-0.2, -0.15) is 0 Å². The Morgan fingerprint density at radius 1 is 1.25 bits per heavy atom. The van der Waals surface area contributed by atoms with Crippen molar-refractivity contribution in [3.8, 4) is 0 Å². The first-order chi connectivity index (χ1) is 11.5. The summed E-state index contributed by atoms with van der Waals surface area (Å²) >= 11 is 0. The van der Waals surface area contributed by atoms with E-state index in [9.17, 15) is 19.3 Å². The van der Waals surface area contributed by atoms with Gasteiger partial charge in [0.05, 0.1) is 11.0 Å². The zero-order valence-electron chi connectivity index (χ0n) is 13.2. The molecule has 1 heterocycles. The summed E-state index contributed by atoms with van der Waals surface area (Å²) in [4.78, 5) is 25.2. The van der Waals surface area contributed by atoms with Crippen LogP contribution in [0.25, 0.3) is 0 Å². The molecule has 6 heteroatoms. The van der Waals surface area contributed by atoms with Crippen molar-refractivity contribution in [3.05, 3.63) is 75.1 Å². The van der Waals surface area contributed by atoms with Gasteiger partial charge in [0.2, 0.25) is 0 Å². The van der Waals surface area contributed by atoms with Gasteiger partial charge in [-0.3, -0.25) is 14.9 Å². The Morgan fingerprint density at radius 3 is 2.62 bits per heavy atom. The molecule has 2 aromatic rings. The van der Waals surface area contributed by atoms with Crippen molar-refractivity contribution in [1.82, 2.24) is 4.90 Å². The van der Waals surface area contributed by atoms with Crippen LogP contribution in [0.1, 0.15) is 40.4 Å². The molecule has 1 saturated heterocycles. The maximum Gasteiger partial charge on any atom is 0.273 e. The van der Waals surface area contributed by atoms with Crippen LogP contribution in [0, 0.1) is 22.9 Å². The van der Waals surface area contributed by atoms with Gasteiger partial charge in [0.25, 0.3) is 11.6 Å². The third kappa shape index (κ3) is 2.87. The van der Waals surface area contributed by atoms with E-state index in [4.69, 9.17) is 0 Å². The molecule has 124 valence electrons. The van der Waals surface area contributed by atoms with Gasteiger partial charge in [0.1, 0.15) is 5.82 Å². The number of rotatable bonds is 3. The number of hydrogen-bond donors (Lipinski definition) is 0. The van der Waals surface area contributed by atoms with Gasteiger partial charge in [0, 0.05) is 23.7 Å². The van der Waals surface area contributed by atoms with E-state index in [0.717, 1.165) is 18.4 Å². The number of amides is 1. The molecule has 0 radical (unpaired) electrons. The summed E-state index contributed by atoms with van der Waals surface area (Å²) in [6, 6.07) is 10.6. The van der Waals surface area contributed by atoms with E-state index in [-0.39, 0.29) is 23.5 Å². The van der Waals surface area contributed by atoms with Gasteiger partial charge >= 0.3 is 0 Å². The van der Waals surface area contributed by atoms with Gasteiger partial charge in [-0.1, -0.05) is 18.2 Å². The zero-order valence-corrected chi connectivity index (χ0v) is 13.2. The molecule has 0 aliphatic carbocycles. The summed E-state index contributed by atoms with van der Waals surface area (Å²) in [6.45, 7) is 2.18. The lowest BCUT2D eigenvalue weighted by atomic mass is 10.0. The van der Waals surface area contributed by atoms with E-state index in [1.807, 2.05) is 0 Å². The number of likely N-dealkylation sites (tertiary alicyclic amines) is 1. The smallest absolute Gasteiger partial charge is 0.273 e. The molecule has 0 saturated carbocycles. The largest absolute Gasteiger partial charge is 0.332 e. The molecular weight excluding hydrogens is 311 g/mol. The number of carbonyl (C=O) groups excluding carboxylic acids is 1. The molecule has 1 aliphatic rings. The highest BCUT2D eigenvalue weighted by molar-refractivity contribution is 5.97. The van der Waals surface area contributed by atoms with Crippen molar-refractivity contribution in [3.63, 3.8) is 0 Å². The summed E-state index contributed by atoms with van der Waals surface area (Å²) < 4.78 is 13.1. The molecule has 1 amide bonds. The number of hydrogen-bond acceptors (Lipinski definition) is 3. The van der Waals surface area contributed by atoms with Crippen LogP contribution in [0.2, 0.25) is 0 Å². The minimum Gasteiger partial charge on any atom is -0.332 e. The number of benzene rings is 2. The molecular formula is C18H17FN2O3. The van der Waals surface area contributed by atoms with Crippen LogP contribution in [0.4, 0.5) is 10.1 Å². The van der Waals surface area contributed by atoms with E-state index in [1.54, 1.807) is 30.0 Å². The van der Waals surface area contributed by atoms with Crippen molar-refractivity contribution in [2.45, 2.75) is 25.8 Å². The maximum atomic E-state index is 13.1. The van der Waals surface area contributed by atoms with Gasteiger partial charge in [0.15, 0.2) is 0 Å². The predicted octanol–water partition coefficient (Wildman–Crippen LogP) is 4.02. The Hall–Kier alpha value is -2.76. The molecule has 1 atom stereocenters. The van der Waals surface area contributed by atoms with Gasteiger partial charge in [-0.15, -0.1) is 0 Å². The molecule has 5 nitrogen and oxygen atoms in total. The number of halogens is 1. The second-order valence-electron chi connectivity index (χ2n) is 5.91. The van der Waals surface area contributed by atoms with Gasteiger partial charge in [-0.25, -0.2) is 4.39 Å². The van der Waals surface area contributed by atoms with Crippen molar-refractivity contribution >= 4 is 11.6 Å². The summed E-state index contributed by atoms with van der Waals surface area (Å²) in [5.74, 6) is -0.535. The molecule has 0 spiro atoms. The molecule has 0 bridgehead atoms. The SMILES string of the molecule is Cc1c(C(=O)N2CCCC2c2ccc(F)cc2)cccc1[N+](=O)[O-]. The minimum absolute atomic E-state index is 0.0571. The van der Waals surface area contributed by atoms with Crippen LogP contribution in [0.15, 0.2) is 42.5 Å². The highest BCUT2D eigenvalue weighted by Gasteiger charge is 2.32. The van der Waals surface area contributed by atoms with E-state index in [2.05, 4.69) is 0 Å². The first-order valence-corrected chi connectivity index (χ1v) is 7.79. The Labute approximate surface area is 138 Å². The van der Waals surface area contributed by atoms with Gasteiger partial charge < -0.3 is 4.90 Å². The van der Waals surface area contributed by atoms with Crippen molar-refractivity contribution in [2.75, 3.05) is 6.54 Å². The van der Waals surface area contributed by atoms with Crippen LogP contribution in [0.5, 0.6) is 0 Å². The standard InChI is InChI=1S/C18H17FN2O3/c1-12-15(4-2-5-16(12)21(23)24)18(22)20-11-3-6-17(20)13-7-9-14(19)10-8-13/h2,4-5,7-10,17H,3,6,11H2,1H3. The lowest BCUT2D eigenvalue weighted by molar-refractivity contribution is -0.385. The lowest BCUT2D eigenvalue weighted by Gasteiger charge is -2.25. The average Bonchev–Trinajstić information content (AvgIpc) is 3.04. The molecule has 0 N–H and O–H groups in total. The monoisotopic (exact) mass is 328 g/mol. The molecule has 2 aromatic carbocycles. The number of nitrogens with zero attached hydrogens (tertiary/aromatic N) is 2. The van der Waals surface area contributed by atoms with Crippen LogP contribution in [-0.2, 0) is 0 Å². The molecule has 1 unspecified atom stereocenters. The van der Waals surface area contributed by atoms with E-state index in [1.165, 1.54) is 24.3 Å². The number of carbonyl (C=O) groups is 1. The van der Waals surface area contributed by atoms with E-state index in [0.29, 0.717) is 17.7 Å². The Bertz CT molecular complexity index is 789. The van der Waals surface area contributed by atoms with Crippen LogP contribution >= 0.6 is 0 Å². The van der Waals surface area contributed by atoms with Crippen molar-refractivity contribution in [2.24, 2.45) is 0 Å². The second kappa shape index (κ2) is 6.39. The Morgan fingerprint density at radius 2 is 1.96 bits per heavy atom. The van der Waals surface area contributed by atoms with E-state index < -0.39 is 4.92 Å². The van der Waals surface area contributed by atoms with E-state index >= 15 is 0 Å². The fraction of sp³-hybridized carbons (Fsp3) is 0.278. The maximum absolute atomic E-state index is 13.1. The highest BCUT2D eigenvalue weighted by Crippen LogP contribution is 2.34. The first kappa shape index (κ1) is 16.1. The Kier molecular flexibility index (Phi) is 4.29. The van der Waals surface area contributed by atoms with Crippen molar-refractivity contribution < 1.29 is 14.1 Å². The molecule has 3 rings (SSSR count). The quantitative estimate of drug-likeness (QED) is 0.631. The molecule has 1 aliphatic heterocycles. The second-order valence-corrected chi connectivity index (χ2v) is 5.91. The molecule has 24 heavy (non-hydrogen) atoms. The predicted molar refractivity (Wildman–Crippen MR) is 87.2 cm³/mol. The van der Waals surface area contributed by atoms with Crippen LogP contribution in [-0.4, -0.2) is 22.3 Å². The number of nitro groups is 1.